The topological polar surface area (TPSA) is 47.8 Å². The highest BCUT2D eigenvalue weighted by atomic mass is 32.2. The van der Waals surface area contributed by atoms with E-state index in [0.717, 1.165) is 34.8 Å². The number of Topliss-reactive ketones (excluding diaryl/α,β-unsaturated/α-hetero) is 1. The van der Waals surface area contributed by atoms with Gasteiger partial charge in [0.05, 0.1) is 11.4 Å². The third-order valence-corrected chi connectivity index (χ3v) is 5.22. The Balaban J connectivity index is 1.70. The van der Waals surface area contributed by atoms with Gasteiger partial charge in [0.15, 0.2) is 10.9 Å². The molecule has 4 nitrogen and oxygen atoms in total. The molecule has 1 heterocycles. The average Bonchev–Trinajstić information content (AvgIpc) is 3.09. The SMILES string of the molecule is CCCc1ccc(C(=O)CSc2nncn2-c2ccc(C)cc2C)cc1. The highest BCUT2D eigenvalue weighted by Crippen LogP contribution is 2.23. The molecule has 0 aliphatic rings. The van der Waals surface area contributed by atoms with Crippen molar-refractivity contribution >= 4 is 17.5 Å². The van der Waals surface area contributed by atoms with Crippen molar-refractivity contribution in [3.8, 4) is 5.69 Å². The minimum atomic E-state index is 0.105. The van der Waals surface area contributed by atoms with E-state index in [1.54, 1.807) is 6.33 Å². The maximum atomic E-state index is 12.5. The second kappa shape index (κ2) is 8.32. The third kappa shape index (κ3) is 4.22. The fourth-order valence-electron chi connectivity index (χ4n) is 2.92. The molecule has 0 N–H and O–H groups in total. The number of benzene rings is 2. The van der Waals surface area contributed by atoms with Gasteiger partial charge in [-0.05, 0) is 37.5 Å². The van der Waals surface area contributed by atoms with E-state index in [1.165, 1.54) is 22.9 Å². The maximum absolute atomic E-state index is 12.5. The molecule has 0 amide bonds. The number of nitrogens with zero attached hydrogens (tertiary/aromatic N) is 3. The van der Waals surface area contributed by atoms with Crippen molar-refractivity contribution in [1.29, 1.82) is 0 Å². The lowest BCUT2D eigenvalue weighted by Gasteiger charge is -2.10. The highest BCUT2D eigenvalue weighted by Gasteiger charge is 2.13. The van der Waals surface area contributed by atoms with Gasteiger partial charge in [0.2, 0.25) is 0 Å². The molecule has 3 rings (SSSR count). The second-order valence-electron chi connectivity index (χ2n) is 6.43. The van der Waals surface area contributed by atoms with Crippen molar-refractivity contribution in [3.63, 3.8) is 0 Å². The first kappa shape index (κ1) is 18.4. The molecule has 0 atom stereocenters. The normalized spacial score (nSPS) is 10.9. The van der Waals surface area contributed by atoms with Crippen LogP contribution in [0, 0.1) is 13.8 Å². The summed E-state index contributed by atoms with van der Waals surface area (Å²) in [5.41, 5.74) is 5.43. The zero-order valence-corrected chi connectivity index (χ0v) is 16.2. The molecule has 5 heteroatoms. The van der Waals surface area contributed by atoms with Crippen LogP contribution in [0.4, 0.5) is 0 Å². The zero-order chi connectivity index (χ0) is 18.5. The maximum Gasteiger partial charge on any atom is 0.196 e. The molecule has 0 saturated heterocycles. The molecule has 2 aromatic carbocycles. The molecule has 0 aliphatic carbocycles. The summed E-state index contributed by atoms with van der Waals surface area (Å²) in [5, 5.41) is 8.94. The van der Waals surface area contributed by atoms with Crippen molar-refractivity contribution in [1.82, 2.24) is 14.8 Å². The van der Waals surface area contributed by atoms with Crippen molar-refractivity contribution < 1.29 is 4.79 Å². The quantitative estimate of drug-likeness (QED) is 0.445. The Morgan fingerprint density at radius 3 is 2.58 bits per heavy atom. The second-order valence-corrected chi connectivity index (χ2v) is 7.37. The van der Waals surface area contributed by atoms with E-state index in [2.05, 4.69) is 49.2 Å². The molecular formula is C21H23N3OS. The first-order valence-electron chi connectivity index (χ1n) is 8.81. The smallest absolute Gasteiger partial charge is 0.196 e. The fourth-order valence-corrected chi connectivity index (χ4v) is 3.74. The fraction of sp³-hybridized carbons (Fsp3) is 0.286. The molecule has 0 unspecified atom stereocenters. The van der Waals surface area contributed by atoms with Crippen LogP contribution in [0.5, 0.6) is 0 Å². The largest absolute Gasteiger partial charge is 0.293 e. The Morgan fingerprint density at radius 1 is 1.12 bits per heavy atom. The Kier molecular flexibility index (Phi) is 5.89. The molecular weight excluding hydrogens is 342 g/mol. The van der Waals surface area contributed by atoms with Crippen LogP contribution in [0.25, 0.3) is 5.69 Å². The van der Waals surface area contributed by atoms with Crippen LogP contribution in [0.1, 0.15) is 40.4 Å². The van der Waals surface area contributed by atoms with E-state index in [0.29, 0.717) is 5.75 Å². The predicted octanol–water partition coefficient (Wildman–Crippen LogP) is 4.81. The Morgan fingerprint density at radius 2 is 1.88 bits per heavy atom. The van der Waals surface area contributed by atoms with E-state index in [4.69, 9.17) is 0 Å². The van der Waals surface area contributed by atoms with Crippen LogP contribution in [0.2, 0.25) is 0 Å². The molecule has 1 aromatic heterocycles. The molecule has 3 aromatic rings. The average molecular weight is 366 g/mol. The van der Waals surface area contributed by atoms with Crippen LogP contribution in [0.3, 0.4) is 0 Å². The predicted molar refractivity (Wildman–Crippen MR) is 106 cm³/mol. The Labute approximate surface area is 158 Å². The lowest BCUT2D eigenvalue weighted by Crippen LogP contribution is -2.05. The summed E-state index contributed by atoms with van der Waals surface area (Å²) in [6.07, 6.45) is 3.85. The Hall–Kier alpha value is -2.40. The van der Waals surface area contributed by atoms with Gasteiger partial charge in [-0.25, -0.2) is 0 Å². The van der Waals surface area contributed by atoms with Crippen LogP contribution in [-0.2, 0) is 6.42 Å². The number of aryl methyl sites for hydroxylation is 3. The molecule has 0 spiro atoms. The van der Waals surface area contributed by atoms with E-state index in [9.17, 15) is 4.79 Å². The first-order chi connectivity index (χ1) is 12.6. The molecule has 0 aliphatic heterocycles. The number of hydrogen-bond donors (Lipinski definition) is 0. The van der Waals surface area contributed by atoms with Crippen LogP contribution in [0.15, 0.2) is 53.9 Å². The number of carbonyl (C=O) groups is 1. The number of thioether (sulfide) groups is 1. The number of hydrogen-bond acceptors (Lipinski definition) is 4. The molecule has 0 bridgehead atoms. The minimum absolute atomic E-state index is 0.105. The van der Waals surface area contributed by atoms with Crippen LogP contribution >= 0.6 is 11.8 Å². The summed E-state index contributed by atoms with van der Waals surface area (Å²) >= 11 is 1.42. The van der Waals surface area contributed by atoms with Crippen molar-refractivity contribution in [2.24, 2.45) is 0 Å². The van der Waals surface area contributed by atoms with Gasteiger partial charge in [0.1, 0.15) is 6.33 Å². The molecule has 26 heavy (non-hydrogen) atoms. The van der Waals surface area contributed by atoms with Gasteiger partial charge in [0, 0.05) is 5.56 Å². The summed E-state index contributed by atoms with van der Waals surface area (Å²) in [6, 6.07) is 14.2. The van der Waals surface area contributed by atoms with Gasteiger partial charge in [0.25, 0.3) is 0 Å². The lowest BCUT2D eigenvalue weighted by atomic mass is 10.1. The minimum Gasteiger partial charge on any atom is -0.293 e. The van der Waals surface area contributed by atoms with E-state index >= 15 is 0 Å². The van der Waals surface area contributed by atoms with Crippen molar-refractivity contribution in [3.05, 3.63) is 71.0 Å². The number of ketones is 1. The van der Waals surface area contributed by atoms with Gasteiger partial charge in [-0.3, -0.25) is 9.36 Å². The monoisotopic (exact) mass is 365 g/mol. The van der Waals surface area contributed by atoms with Gasteiger partial charge >= 0.3 is 0 Å². The molecule has 0 saturated carbocycles. The molecule has 134 valence electrons. The molecule has 0 radical (unpaired) electrons. The van der Waals surface area contributed by atoms with Gasteiger partial charge < -0.3 is 0 Å². The zero-order valence-electron chi connectivity index (χ0n) is 15.4. The Bertz CT molecular complexity index is 900. The third-order valence-electron chi connectivity index (χ3n) is 4.28. The number of carbonyl (C=O) groups excluding carboxylic acids is 1. The summed E-state index contributed by atoms with van der Waals surface area (Å²) in [7, 11) is 0. The number of aromatic nitrogens is 3. The standard InChI is InChI=1S/C21H23N3OS/c1-4-5-17-7-9-18(10-8-17)20(25)13-26-21-23-22-14-24(21)19-11-6-15(2)12-16(19)3/h6-12,14H,4-5,13H2,1-3H3. The summed E-state index contributed by atoms with van der Waals surface area (Å²) in [4.78, 5) is 12.5. The highest BCUT2D eigenvalue weighted by molar-refractivity contribution is 7.99. The van der Waals surface area contributed by atoms with E-state index in [-0.39, 0.29) is 5.78 Å². The summed E-state index contributed by atoms with van der Waals surface area (Å²) in [6.45, 7) is 6.30. The van der Waals surface area contributed by atoms with Gasteiger partial charge in [-0.1, -0.05) is 67.1 Å². The van der Waals surface area contributed by atoms with Gasteiger partial charge in [-0.2, -0.15) is 0 Å². The first-order valence-corrected chi connectivity index (χ1v) is 9.79. The number of rotatable bonds is 7. The van der Waals surface area contributed by atoms with Crippen LogP contribution < -0.4 is 0 Å². The van der Waals surface area contributed by atoms with Crippen molar-refractivity contribution in [2.75, 3.05) is 5.75 Å². The lowest BCUT2D eigenvalue weighted by molar-refractivity contribution is 0.102. The van der Waals surface area contributed by atoms with Gasteiger partial charge in [-0.15, -0.1) is 10.2 Å². The molecule has 0 fully saturated rings. The van der Waals surface area contributed by atoms with Crippen molar-refractivity contribution in [2.45, 2.75) is 38.8 Å². The van der Waals surface area contributed by atoms with E-state index < -0.39 is 0 Å². The summed E-state index contributed by atoms with van der Waals surface area (Å²) in [5.74, 6) is 0.449. The summed E-state index contributed by atoms with van der Waals surface area (Å²) < 4.78 is 1.94. The van der Waals surface area contributed by atoms with E-state index in [1.807, 2.05) is 28.8 Å². The van der Waals surface area contributed by atoms with Crippen LogP contribution in [-0.4, -0.2) is 26.3 Å².